The molecule has 1 aromatic heterocycles. The number of amides is 2. The third kappa shape index (κ3) is 4.47. The molecule has 0 aliphatic heterocycles. The lowest BCUT2D eigenvalue weighted by Crippen LogP contribution is -2.28. The summed E-state index contributed by atoms with van der Waals surface area (Å²) >= 11 is 0. The molecule has 5 heteroatoms. The number of hydrogen-bond acceptors (Lipinski definition) is 3. The summed E-state index contributed by atoms with van der Waals surface area (Å²) in [5.74, 6) is 1.22. The van der Waals surface area contributed by atoms with Crippen LogP contribution in [0.25, 0.3) is 0 Å². The molecule has 2 N–H and O–H groups in total. The van der Waals surface area contributed by atoms with Crippen LogP contribution in [0.1, 0.15) is 41.3 Å². The van der Waals surface area contributed by atoms with Gasteiger partial charge in [-0.25, -0.2) is 0 Å². The molecule has 1 heterocycles. The Hall–Kier alpha value is -2.56. The largest absolute Gasteiger partial charge is 0.459 e. The van der Waals surface area contributed by atoms with E-state index in [0.29, 0.717) is 37.0 Å². The molecule has 0 radical (unpaired) electrons. The van der Waals surface area contributed by atoms with Gasteiger partial charge in [0, 0.05) is 19.5 Å². The van der Waals surface area contributed by atoms with Crippen molar-refractivity contribution < 1.29 is 14.0 Å². The van der Waals surface area contributed by atoms with E-state index in [-0.39, 0.29) is 11.8 Å². The van der Waals surface area contributed by atoms with Crippen LogP contribution in [0.4, 0.5) is 0 Å². The van der Waals surface area contributed by atoms with Gasteiger partial charge in [-0.05, 0) is 42.4 Å². The molecule has 1 aliphatic rings. The standard InChI is InChI=1S/C19H22N2O3/c22-18(9-4-10-20-19(23)17-8-5-11-24-17)21-13-15-12-16(15)14-6-2-1-3-7-14/h1-3,5-8,11,15-16H,4,9-10,12-13H2,(H,20,23)(H,21,22)/t15-,16-/m0/s1. The average Bonchev–Trinajstić information content (AvgIpc) is 3.18. The zero-order chi connectivity index (χ0) is 16.8. The van der Waals surface area contributed by atoms with Crippen molar-refractivity contribution in [1.82, 2.24) is 10.6 Å². The van der Waals surface area contributed by atoms with E-state index in [1.165, 1.54) is 11.8 Å². The lowest BCUT2D eigenvalue weighted by Gasteiger charge is -2.06. The second-order valence-corrected chi connectivity index (χ2v) is 6.15. The number of nitrogens with one attached hydrogen (secondary N) is 2. The van der Waals surface area contributed by atoms with E-state index in [9.17, 15) is 9.59 Å². The summed E-state index contributed by atoms with van der Waals surface area (Å²) in [6.07, 6.45) is 3.64. The van der Waals surface area contributed by atoms with E-state index in [1.807, 2.05) is 6.07 Å². The molecular weight excluding hydrogens is 304 g/mol. The molecule has 2 atom stereocenters. The molecule has 126 valence electrons. The minimum Gasteiger partial charge on any atom is -0.459 e. The van der Waals surface area contributed by atoms with Crippen LogP contribution in [-0.2, 0) is 4.79 Å². The van der Waals surface area contributed by atoms with Crippen molar-refractivity contribution in [3.05, 3.63) is 60.1 Å². The van der Waals surface area contributed by atoms with Crippen LogP contribution in [-0.4, -0.2) is 24.9 Å². The highest BCUT2D eigenvalue weighted by molar-refractivity contribution is 5.91. The second kappa shape index (κ2) is 7.81. The molecule has 3 rings (SSSR count). The third-order valence-corrected chi connectivity index (χ3v) is 4.32. The fraction of sp³-hybridized carbons (Fsp3) is 0.368. The van der Waals surface area contributed by atoms with Gasteiger partial charge in [0.15, 0.2) is 5.76 Å². The minimum atomic E-state index is -0.246. The quantitative estimate of drug-likeness (QED) is 0.733. The zero-order valence-electron chi connectivity index (χ0n) is 13.5. The van der Waals surface area contributed by atoms with Gasteiger partial charge < -0.3 is 15.1 Å². The predicted molar refractivity (Wildman–Crippen MR) is 90.6 cm³/mol. The number of benzene rings is 1. The molecule has 1 saturated carbocycles. The van der Waals surface area contributed by atoms with Crippen molar-refractivity contribution in [2.45, 2.75) is 25.2 Å². The molecule has 5 nitrogen and oxygen atoms in total. The first-order valence-corrected chi connectivity index (χ1v) is 8.37. The Morgan fingerprint density at radius 3 is 2.67 bits per heavy atom. The highest BCUT2D eigenvalue weighted by Crippen LogP contribution is 2.46. The van der Waals surface area contributed by atoms with Crippen molar-refractivity contribution in [1.29, 1.82) is 0 Å². The number of carbonyl (C=O) groups is 2. The molecule has 0 spiro atoms. The number of rotatable bonds is 8. The second-order valence-electron chi connectivity index (χ2n) is 6.15. The monoisotopic (exact) mass is 326 g/mol. The summed E-state index contributed by atoms with van der Waals surface area (Å²) in [4.78, 5) is 23.5. The van der Waals surface area contributed by atoms with Crippen molar-refractivity contribution in [2.24, 2.45) is 5.92 Å². The summed E-state index contributed by atoms with van der Waals surface area (Å²) in [5.41, 5.74) is 1.36. The van der Waals surface area contributed by atoms with Crippen LogP contribution in [0.3, 0.4) is 0 Å². The molecule has 1 aromatic carbocycles. The van der Waals surface area contributed by atoms with Crippen LogP contribution in [0.15, 0.2) is 53.1 Å². The van der Waals surface area contributed by atoms with Gasteiger partial charge in [0.1, 0.15) is 0 Å². The van der Waals surface area contributed by atoms with Crippen molar-refractivity contribution in [3.8, 4) is 0 Å². The number of carbonyl (C=O) groups excluding carboxylic acids is 2. The predicted octanol–water partition coefficient (Wildman–Crippen LogP) is 2.71. The average molecular weight is 326 g/mol. The van der Waals surface area contributed by atoms with Crippen molar-refractivity contribution in [3.63, 3.8) is 0 Å². The maximum atomic E-state index is 11.8. The molecule has 0 bridgehead atoms. The lowest BCUT2D eigenvalue weighted by atomic mass is 10.1. The molecule has 2 amide bonds. The third-order valence-electron chi connectivity index (χ3n) is 4.32. The zero-order valence-corrected chi connectivity index (χ0v) is 13.5. The summed E-state index contributed by atoms with van der Waals surface area (Å²) in [7, 11) is 0. The molecule has 1 aliphatic carbocycles. The smallest absolute Gasteiger partial charge is 0.286 e. The van der Waals surface area contributed by atoms with Gasteiger partial charge in [0.2, 0.25) is 5.91 Å². The molecule has 0 unspecified atom stereocenters. The van der Waals surface area contributed by atoms with Crippen LogP contribution in [0, 0.1) is 5.92 Å². The maximum Gasteiger partial charge on any atom is 0.286 e. The summed E-state index contributed by atoms with van der Waals surface area (Å²) in [5, 5.41) is 5.72. The van der Waals surface area contributed by atoms with Crippen molar-refractivity contribution >= 4 is 11.8 Å². The SMILES string of the molecule is O=C(CCCNC(=O)c1ccco1)NC[C@@H]1C[C@H]1c1ccccc1. The Morgan fingerprint density at radius 1 is 1.08 bits per heavy atom. The van der Waals surface area contributed by atoms with Crippen LogP contribution in [0.5, 0.6) is 0 Å². The Kier molecular flexibility index (Phi) is 5.31. The summed E-state index contributed by atoms with van der Waals surface area (Å²) < 4.78 is 5.00. The first-order chi connectivity index (χ1) is 11.7. The Labute approximate surface area is 141 Å². The van der Waals surface area contributed by atoms with Crippen LogP contribution >= 0.6 is 0 Å². The van der Waals surface area contributed by atoms with E-state index in [2.05, 4.69) is 34.9 Å². The lowest BCUT2D eigenvalue weighted by molar-refractivity contribution is -0.121. The molecular formula is C19H22N2O3. The Morgan fingerprint density at radius 2 is 1.92 bits per heavy atom. The van der Waals surface area contributed by atoms with Gasteiger partial charge in [-0.3, -0.25) is 9.59 Å². The van der Waals surface area contributed by atoms with Crippen LogP contribution < -0.4 is 10.6 Å². The van der Waals surface area contributed by atoms with Crippen molar-refractivity contribution in [2.75, 3.05) is 13.1 Å². The van der Waals surface area contributed by atoms with Gasteiger partial charge in [-0.1, -0.05) is 30.3 Å². The number of furan rings is 1. The maximum absolute atomic E-state index is 11.8. The Bertz CT molecular complexity index is 667. The van der Waals surface area contributed by atoms with E-state index in [0.717, 1.165) is 13.0 Å². The Balaban J connectivity index is 1.27. The number of hydrogen-bond donors (Lipinski definition) is 2. The van der Waals surface area contributed by atoms with E-state index >= 15 is 0 Å². The molecule has 24 heavy (non-hydrogen) atoms. The van der Waals surface area contributed by atoms with Gasteiger partial charge in [0.05, 0.1) is 6.26 Å². The fourth-order valence-electron chi connectivity index (χ4n) is 2.86. The van der Waals surface area contributed by atoms with Gasteiger partial charge in [-0.2, -0.15) is 0 Å². The van der Waals surface area contributed by atoms with E-state index < -0.39 is 0 Å². The highest BCUT2D eigenvalue weighted by atomic mass is 16.3. The molecule has 0 saturated heterocycles. The minimum absolute atomic E-state index is 0.0426. The normalized spacial score (nSPS) is 18.8. The highest BCUT2D eigenvalue weighted by Gasteiger charge is 2.37. The van der Waals surface area contributed by atoms with Gasteiger partial charge in [-0.15, -0.1) is 0 Å². The van der Waals surface area contributed by atoms with Gasteiger partial charge >= 0.3 is 0 Å². The first-order valence-electron chi connectivity index (χ1n) is 8.37. The van der Waals surface area contributed by atoms with Gasteiger partial charge in [0.25, 0.3) is 5.91 Å². The van der Waals surface area contributed by atoms with E-state index in [4.69, 9.17) is 4.42 Å². The summed E-state index contributed by atoms with van der Waals surface area (Å²) in [6.45, 7) is 1.19. The topological polar surface area (TPSA) is 71.3 Å². The first kappa shape index (κ1) is 16.3. The summed E-state index contributed by atoms with van der Waals surface area (Å²) in [6, 6.07) is 13.7. The fourth-order valence-corrected chi connectivity index (χ4v) is 2.86. The molecule has 2 aromatic rings. The van der Waals surface area contributed by atoms with E-state index in [1.54, 1.807) is 12.1 Å². The molecule has 1 fully saturated rings. The van der Waals surface area contributed by atoms with Crippen LogP contribution in [0.2, 0.25) is 0 Å².